The predicted molar refractivity (Wildman–Crippen MR) is 134 cm³/mol. The van der Waals surface area contributed by atoms with Gasteiger partial charge in [0.05, 0.1) is 27.3 Å². The molecule has 32 heavy (non-hydrogen) atoms. The Morgan fingerprint density at radius 2 is 1.78 bits per heavy atom. The maximum Gasteiger partial charge on any atom is 0.224 e. The standard InChI is InChI=1S/C29H28N3/c1-18-11-12-22-21-8-4-5-10-24(21)32-25-17-20(23-9-6-7-14-30(23)2)16-19-13-15-31(3)29(27(19)25)26(18)28(22)32/h4-5,8,10-13,15-17,23H,6-7,9,14H2,1-3H3/q+1. The minimum Gasteiger partial charge on any atom is -0.307 e. The van der Waals surface area contributed by atoms with Crippen LogP contribution in [0, 0.1) is 6.92 Å². The van der Waals surface area contributed by atoms with Crippen LogP contribution in [0.1, 0.15) is 36.4 Å². The maximum absolute atomic E-state index is 2.55. The summed E-state index contributed by atoms with van der Waals surface area (Å²) in [6.07, 6.45) is 6.11. The minimum absolute atomic E-state index is 0.498. The second-order valence-corrected chi connectivity index (χ2v) is 9.78. The monoisotopic (exact) mass is 418 g/mol. The summed E-state index contributed by atoms with van der Waals surface area (Å²) in [6.45, 7) is 3.44. The molecule has 0 spiro atoms. The summed E-state index contributed by atoms with van der Waals surface area (Å²) in [7, 11) is 4.48. The lowest BCUT2D eigenvalue weighted by atomic mass is 9.92. The van der Waals surface area contributed by atoms with Crippen LogP contribution >= 0.6 is 0 Å². The van der Waals surface area contributed by atoms with E-state index in [0.717, 1.165) is 0 Å². The van der Waals surface area contributed by atoms with Gasteiger partial charge in [-0.15, -0.1) is 0 Å². The molecule has 1 saturated heterocycles. The quantitative estimate of drug-likeness (QED) is 0.174. The molecular weight excluding hydrogens is 390 g/mol. The van der Waals surface area contributed by atoms with Crippen LogP contribution in [0.3, 0.4) is 0 Å². The van der Waals surface area contributed by atoms with Crippen molar-refractivity contribution in [1.29, 1.82) is 0 Å². The van der Waals surface area contributed by atoms with Crippen molar-refractivity contribution in [3.8, 4) is 0 Å². The van der Waals surface area contributed by atoms with Gasteiger partial charge < -0.3 is 4.40 Å². The molecule has 0 aliphatic carbocycles. The molecule has 1 unspecified atom stereocenters. The van der Waals surface area contributed by atoms with Crippen LogP contribution in [0.15, 0.2) is 60.8 Å². The Hall–Kier alpha value is -3.17. The third-order valence-corrected chi connectivity index (χ3v) is 7.92. The van der Waals surface area contributed by atoms with Gasteiger partial charge >= 0.3 is 0 Å². The molecule has 4 heterocycles. The first-order valence-corrected chi connectivity index (χ1v) is 11.8. The molecule has 1 atom stereocenters. The summed E-state index contributed by atoms with van der Waals surface area (Å²) >= 11 is 0. The van der Waals surface area contributed by atoms with Gasteiger partial charge in [-0.05, 0) is 68.1 Å². The molecule has 3 nitrogen and oxygen atoms in total. The molecule has 7 rings (SSSR count). The van der Waals surface area contributed by atoms with Crippen LogP contribution in [0.25, 0.3) is 49.0 Å². The molecule has 1 aliphatic heterocycles. The first kappa shape index (κ1) is 18.4. The van der Waals surface area contributed by atoms with E-state index in [1.54, 1.807) is 0 Å². The van der Waals surface area contributed by atoms with E-state index < -0.39 is 0 Å². The van der Waals surface area contributed by atoms with E-state index in [0.29, 0.717) is 6.04 Å². The molecule has 0 N–H and O–H groups in total. The number of piperidine rings is 1. The highest BCUT2D eigenvalue weighted by Gasteiger charge is 2.26. The van der Waals surface area contributed by atoms with Crippen LogP contribution < -0.4 is 4.57 Å². The van der Waals surface area contributed by atoms with E-state index in [4.69, 9.17) is 0 Å². The van der Waals surface area contributed by atoms with Crippen molar-refractivity contribution in [1.82, 2.24) is 9.30 Å². The Morgan fingerprint density at radius 3 is 2.66 bits per heavy atom. The van der Waals surface area contributed by atoms with Gasteiger partial charge in [0.25, 0.3) is 0 Å². The number of aryl methyl sites for hydroxylation is 2. The zero-order valence-electron chi connectivity index (χ0n) is 19.0. The number of nitrogens with zero attached hydrogens (tertiary/aromatic N) is 3. The van der Waals surface area contributed by atoms with E-state index in [1.165, 1.54) is 85.9 Å². The molecule has 1 fully saturated rings. The summed E-state index contributed by atoms with van der Waals surface area (Å²) in [6, 6.07) is 21.3. The number of para-hydroxylation sites is 1. The molecular formula is C29H28N3+. The van der Waals surface area contributed by atoms with Crippen molar-refractivity contribution < 1.29 is 4.57 Å². The minimum atomic E-state index is 0.498. The third-order valence-electron chi connectivity index (χ3n) is 7.92. The number of hydrogen-bond donors (Lipinski definition) is 0. The molecule has 0 saturated carbocycles. The smallest absolute Gasteiger partial charge is 0.224 e. The highest BCUT2D eigenvalue weighted by atomic mass is 15.1. The van der Waals surface area contributed by atoms with E-state index in [1.807, 2.05) is 0 Å². The molecule has 3 aromatic heterocycles. The number of pyridine rings is 2. The van der Waals surface area contributed by atoms with E-state index in [-0.39, 0.29) is 0 Å². The number of hydrogen-bond acceptors (Lipinski definition) is 1. The summed E-state index contributed by atoms with van der Waals surface area (Å²) < 4.78 is 4.87. The largest absolute Gasteiger partial charge is 0.307 e. The van der Waals surface area contributed by atoms with Gasteiger partial charge in [-0.3, -0.25) is 4.90 Å². The summed E-state index contributed by atoms with van der Waals surface area (Å²) in [4.78, 5) is 2.55. The average molecular weight is 419 g/mol. The fourth-order valence-electron chi connectivity index (χ4n) is 6.38. The Morgan fingerprint density at radius 1 is 0.906 bits per heavy atom. The van der Waals surface area contributed by atoms with E-state index >= 15 is 0 Å². The van der Waals surface area contributed by atoms with Gasteiger partial charge in [-0.2, -0.15) is 0 Å². The Kier molecular flexibility index (Phi) is 3.70. The number of fused-ring (bicyclic) bond motifs is 5. The zero-order valence-corrected chi connectivity index (χ0v) is 19.0. The zero-order chi connectivity index (χ0) is 21.6. The molecule has 0 radical (unpaired) electrons. The highest BCUT2D eigenvalue weighted by Crippen LogP contribution is 2.42. The Balaban J connectivity index is 1.76. The van der Waals surface area contributed by atoms with Crippen LogP contribution in [-0.2, 0) is 7.05 Å². The van der Waals surface area contributed by atoms with Crippen molar-refractivity contribution in [3.63, 3.8) is 0 Å². The summed E-state index contributed by atoms with van der Waals surface area (Å²) in [5, 5.41) is 6.80. The lowest BCUT2D eigenvalue weighted by Crippen LogP contribution is -2.30. The van der Waals surface area contributed by atoms with Crippen LogP contribution in [0.5, 0.6) is 0 Å². The average Bonchev–Trinajstić information content (AvgIpc) is 3.14. The van der Waals surface area contributed by atoms with Crippen LogP contribution in [0.4, 0.5) is 0 Å². The fourth-order valence-corrected chi connectivity index (χ4v) is 6.38. The van der Waals surface area contributed by atoms with Gasteiger partial charge in [0, 0.05) is 22.9 Å². The van der Waals surface area contributed by atoms with Gasteiger partial charge in [0.15, 0.2) is 6.20 Å². The van der Waals surface area contributed by atoms with E-state index in [2.05, 4.69) is 95.7 Å². The van der Waals surface area contributed by atoms with Gasteiger partial charge in [-0.1, -0.05) is 36.8 Å². The number of aromatic nitrogens is 2. The predicted octanol–water partition coefficient (Wildman–Crippen LogP) is 6.28. The van der Waals surface area contributed by atoms with Crippen molar-refractivity contribution in [2.75, 3.05) is 13.6 Å². The second kappa shape index (κ2) is 6.43. The highest BCUT2D eigenvalue weighted by molar-refractivity contribution is 6.25. The third kappa shape index (κ3) is 2.27. The van der Waals surface area contributed by atoms with Gasteiger partial charge in [-0.25, -0.2) is 4.57 Å². The number of likely N-dealkylation sites (tertiary alicyclic amines) is 1. The molecule has 1 aliphatic rings. The SMILES string of the molecule is Cc1ccc2c3ccccc3n3c4cc(C5CCCCN5C)cc5cc[n+](C)c(c1c23)c54. The lowest BCUT2D eigenvalue weighted by Gasteiger charge is -2.33. The second-order valence-electron chi connectivity index (χ2n) is 9.78. The van der Waals surface area contributed by atoms with Crippen LogP contribution in [-0.4, -0.2) is 22.9 Å². The number of rotatable bonds is 1. The van der Waals surface area contributed by atoms with Crippen LogP contribution in [0.2, 0.25) is 0 Å². The lowest BCUT2D eigenvalue weighted by molar-refractivity contribution is -0.643. The molecule has 0 amide bonds. The molecule has 0 bridgehead atoms. The van der Waals surface area contributed by atoms with E-state index in [9.17, 15) is 0 Å². The Labute approximate surface area is 187 Å². The molecule has 158 valence electrons. The molecule has 3 aromatic carbocycles. The maximum atomic E-state index is 2.55. The van der Waals surface area contributed by atoms with Crippen molar-refractivity contribution in [2.24, 2.45) is 7.05 Å². The van der Waals surface area contributed by atoms with Crippen molar-refractivity contribution in [3.05, 3.63) is 71.9 Å². The van der Waals surface area contributed by atoms with Crippen molar-refractivity contribution in [2.45, 2.75) is 32.2 Å². The van der Waals surface area contributed by atoms with Gasteiger partial charge in [0.2, 0.25) is 5.52 Å². The first-order valence-electron chi connectivity index (χ1n) is 11.8. The number of benzene rings is 3. The Bertz CT molecular complexity index is 1670. The topological polar surface area (TPSA) is 11.5 Å². The first-order chi connectivity index (χ1) is 15.6. The fraction of sp³-hybridized carbons (Fsp3) is 0.276. The summed E-state index contributed by atoms with van der Waals surface area (Å²) in [5.74, 6) is 0. The normalized spacial score (nSPS) is 18.2. The summed E-state index contributed by atoms with van der Waals surface area (Å²) in [5.41, 5.74) is 8.15. The molecule has 6 aromatic rings. The molecule has 3 heteroatoms. The van der Waals surface area contributed by atoms with Gasteiger partial charge in [0.1, 0.15) is 7.05 Å². The van der Waals surface area contributed by atoms with Crippen molar-refractivity contribution >= 4 is 49.0 Å².